The van der Waals surface area contributed by atoms with Crippen molar-refractivity contribution in [1.82, 2.24) is 0 Å². The number of rotatable bonds is 5. The molecule has 0 saturated carbocycles. The summed E-state index contributed by atoms with van der Waals surface area (Å²) in [6, 6.07) is 8.41. The van der Waals surface area contributed by atoms with Gasteiger partial charge in [-0.15, -0.1) is 0 Å². The molecule has 11 nitrogen and oxygen atoms in total. The summed E-state index contributed by atoms with van der Waals surface area (Å²) < 4.78 is 21.4. The van der Waals surface area contributed by atoms with Crippen LogP contribution in [0, 0.1) is 0 Å². The average molecular weight is 462 g/mol. The molecule has 2 heterocycles. The highest BCUT2D eigenvalue weighted by Gasteiger charge is 2.44. The molecule has 1 fully saturated rings. The van der Waals surface area contributed by atoms with Crippen molar-refractivity contribution in [2.45, 2.75) is 30.7 Å². The minimum atomic E-state index is -1.57. The fourth-order valence-corrected chi connectivity index (χ4v) is 3.61. The normalized spacial score (nSPS) is 25.2. The Labute approximate surface area is 186 Å². The van der Waals surface area contributed by atoms with Crippen molar-refractivity contribution in [3.05, 3.63) is 46.6 Å². The molecule has 0 spiro atoms. The summed E-state index contributed by atoms with van der Waals surface area (Å²) >= 11 is 0. The van der Waals surface area contributed by atoms with Gasteiger partial charge in [0.25, 0.3) is 0 Å². The van der Waals surface area contributed by atoms with Gasteiger partial charge in [-0.1, -0.05) is 0 Å². The molecule has 2 aromatic carbocycles. The molecule has 4 rings (SSSR count). The number of hydrogen-bond acceptors (Lipinski definition) is 11. The molecule has 0 radical (unpaired) electrons. The van der Waals surface area contributed by atoms with E-state index in [4.69, 9.17) is 18.6 Å². The van der Waals surface area contributed by atoms with Gasteiger partial charge in [0.05, 0.1) is 13.7 Å². The molecule has 5 atom stereocenters. The number of aliphatic hydroxyl groups excluding tert-OH is 4. The molecule has 1 aromatic heterocycles. The van der Waals surface area contributed by atoms with Crippen LogP contribution in [0.15, 0.2) is 45.6 Å². The molecule has 1 saturated heterocycles. The topological polar surface area (TPSA) is 179 Å². The molecule has 0 bridgehead atoms. The van der Waals surface area contributed by atoms with Gasteiger partial charge in [0.2, 0.25) is 12.0 Å². The van der Waals surface area contributed by atoms with Gasteiger partial charge >= 0.3 is 0 Å². The van der Waals surface area contributed by atoms with E-state index in [0.29, 0.717) is 5.56 Å². The summed E-state index contributed by atoms with van der Waals surface area (Å²) in [6.45, 7) is -0.582. The summed E-state index contributed by atoms with van der Waals surface area (Å²) in [5.41, 5.74) is -0.136. The summed E-state index contributed by atoms with van der Waals surface area (Å²) in [5.74, 6) is -0.790. The lowest BCUT2D eigenvalue weighted by Crippen LogP contribution is -2.60. The number of phenols is 2. The molecule has 1 aliphatic heterocycles. The van der Waals surface area contributed by atoms with Crippen LogP contribution < -0.4 is 14.9 Å². The zero-order valence-electron chi connectivity index (χ0n) is 17.3. The minimum absolute atomic E-state index is 0.0463. The molecule has 33 heavy (non-hydrogen) atoms. The van der Waals surface area contributed by atoms with Crippen LogP contribution in [0.4, 0.5) is 0 Å². The van der Waals surface area contributed by atoms with Crippen LogP contribution in [-0.2, 0) is 4.74 Å². The Morgan fingerprint density at radius 1 is 1.00 bits per heavy atom. The van der Waals surface area contributed by atoms with Gasteiger partial charge in [-0.3, -0.25) is 4.79 Å². The van der Waals surface area contributed by atoms with Crippen LogP contribution in [0.5, 0.6) is 23.0 Å². The fourth-order valence-electron chi connectivity index (χ4n) is 3.61. The third-order valence-corrected chi connectivity index (χ3v) is 5.37. The van der Waals surface area contributed by atoms with E-state index in [2.05, 4.69) is 0 Å². The van der Waals surface area contributed by atoms with E-state index >= 15 is 0 Å². The lowest BCUT2D eigenvalue weighted by Gasteiger charge is -2.39. The second-order valence-corrected chi connectivity index (χ2v) is 7.47. The van der Waals surface area contributed by atoms with Crippen molar-refractivity contribution >= 4 is 11.0 Å². The molecule has 0 amide bonds. The highest BCUT2D eigenvalue weighted by atomic mass is 16.7. The van der Waals surface area contributed by atoms with Gasteiger partial charge in [0.1, 0.15) is 46.9 Å². The van der Waals surface area contributed by atoms with E-state index in [-0.39, 0.29) is 28.2 Å². The Morgan fingerprint density at radius 3 is 2.33 bits per heavy atom. The SMILES string of the molecule is COc1c(O)cc2oc(-c3ccc(O[C@@H]4O[C@H](CO)[C@@H](O)[C@H](O)[C@H]4O)cc3)cc(=O)c2c1O. The number of aromatic hydroxyl groups is 2. The van der Waals surface area contributed by atoms with Crippen LogP contribution in [0.3, 0.4) is 0 Å². The molecular formula is C22H22O11. The number of aliphatic hydroxyl groups is 4. The summed E-state index contributed by atoms with van der Waals surface area (Å²) in [5, 5.41) is 59.1. The van der Waals surface area contributed by atoms with Gasteiger partial charge in [0.15, 0.2) is 16.9 Å². The van der Waals surface area contributed by atoms with Crippen molar-refractivity contribution < 1.29 is 49.3 Å². The Kier molecular flexibility index (Phi) is 6.15. The second kappa shape index (κ2) is 8.89. The molecule has 6 N–H and O–H groups in total. The number of phenolic OH excluding ortho intramolecular Hbond substituents is 2. The van der Waals surface area contributed by atoms with Crippen LogP contribution in [0.1, 0.15) is 0 Å². The zero-order chi connectivity index (χ0) is 23.9. The van der Waals surface area contributed by atoms with E-state index in [0.717, 1.165) is 6.07 Å². The Hall–Kier alpha value is -3.35. The smallest absolute Gasteiger partial charge is 0.229 e. The molecule has 1 aliphatic rings. The lowest BCUT2D eigenvalue weighted by molar-refractivity contribution is -0.277. The predicted octanol–water partition coefficient (Wildman–Crippen LogP) is 0.0585. The van der Waals surface area contributed by atoms with Crippen molar-refractivity contribution in [2.24, 2.45) is 0 Å². The largest absolute Gasteiger partial charge is 0.504 e. The maximum atomic E-state index is 12.6. The second-order valence-electron chi connectivity index (χ2n) is 7.47. The average Bonchev–Trinajstić information content (AvgIpc) is 2.79. The fraction of sp³-hybridized carbons (Fsp3) is 0.318. The molecule has 3 aromatic rings. The third-order valence-electron chi connectivity index (χ3n) is 5.37. The first-order chi connectivity index (χ1) is 15.7. The van der Waals surface area contributed by atoms with E-state index in [1.165, 1.54) is 25.3 Å². The minimum Gasteiger partial charge on any atom is -0.504 e. The van der Waals surface area contributed by atoms with Crippen LogP contribution >= 0.6 is 0 Å². The quantitative estimate of drug-likeness (QED) is 0.302. The first-order valence-electron chi connectivity index (χ1n) is 9.89. The number of benzene rings is 2. The molecular weight excluding hydrogens is 440 g/mol. The standard InChI is InChI=1S/C22H22O11/c1-30-21-12(25)7-14-16(18(21)27)11(24)6-13(32-14)9-2-4-10(5-3-9)31-22-20(29)19(28)17(26)15(8-23)33-22/h2-7,15,17,19-20,22-23,25-29H,8H2,1H3/t15-,17-,19+,20-,22-/m1/s1. The van der Waals surface area contributed by atoms with Crippen molar-refractivity contribution in [2.75, 3.05) is 13.7 Å². The van der Waals surface area contributed by atoms with Crippen molar-refractivity contribution in [1.29, 1.82) is 0 Å². The van der Waals surface area contributed by atoms with Gasteiger partial charge < -0.3 is 49.3 Å². The highest BCUT2D eigenvalue weighted by molar-refractivity contribution is 5.89. The summed E-state index contributed by atoms with van der Waals surface area (Å²) in [7, 11) is 1.24. The monoisotopic (exact) mass is 462 g/mol. The molecule has 0 unspecified atom stereocenters. The molecule has 11 heteroatoms. The predicted molar refractivity (Wildman–Crippen MR) is 112 cm³/mol. The van der Waals surface area contributed by atoms with Gasteiger partial charge in [0, 0.05) is 17.7 Å². The Balaban J connectivity index is 1.60. The van der Waals surface area contributed by atoms with Gasteiger partial charge in [-0.2, -0.15) is 0 Å². The number of fused-ring (bicyclic) bond motifs is 1. The lowest BCUT2D eigenvalue weighted by atomic mass is 9.99. The number of ether oxygens (including phenoxy) is 3. The van der Waals surface area contributed by atoms with Gasteiger partial charge in [-0.05, 0) is 24.3 Å². The summed E-state index contributed by atoms with van der Waals surface area (Å²) in [4.78, 5) is 12.6. The van der Waals surface area contributed by atoms with Crippen molar-refractivity contribution in [3.8, 4) is 34.3 Å². The molecule has 176 valence electrons. The Bertz CT molecular complexity index is 1200. The maximum Gasteiger partial charge on any atom is 0.229 e. The van der Waals surface area contributed by atoms with E-state index in [9.17, 15) is 35.4 Å². The van der Waals surface area contributed by atoms with E-state index < -0.39 is 54.2 Å². The first-order valence-corrected chi connectivity index (χ1v) is 9.89. The van der Waals surface area contributed by atoms with Crippen molar-refractivity contribution in [3.63, 3.8) is 0 Å². The maximum absolute atomic E-state index is 12.6. The van der Waals surface area contributed by atoms with E-state index in [1.54, 1.807) is 12.1 Å². The third kappa shape index (κ3) is 4.08. The van der Waals surface area contributed by atoms with Crippen LogP contribution in [0.2, 0.25) is 0 Å². The highest BCUT2D eigenvalue weighted by Crippen LogP contribution is 2.41. The van der Waals surface area contributed by atoms with E-state index in [1.807, 2.05) is 0 Å². The molecule has 0 aliphatic carbocycles. The van der Waals surface area contributed by atoms with Gasteiger partial charge in [-0.25, -0.2) is 0 Å². The Morgan fingerprint density at radius 2 is 1.70 bits per heavy atom. The summed E-state index contributed by atoms with van der Waals surface area (Å²) in [6.07, 6.45) is -7.07. The zero-order valence-corrected chi connectivity index (χ0v) is 17.3. The first kappa shape index (κ1) is 22.8. The number of hydrogen-bond donors (Lipinski definition) is 6. The van der Waals surface area contributed by atoms with Crippen LogP contribution in [0.25, 0.3) is 22.3 Å². The number of methoxy groups -OCH3 is 1. The van der Waals surface area contributed by atoms with Crippen LogP contribution in [-0.4, -0.2) is 75.1 Å².